The highest BCUT2D eigenvalue weighted by Crippen LogP contribution is 2.20. The van der Waals surface area contributed by atoms with Gasteiger partial charge in [0.1, 0.15) is 5.69 Å². The Kier molecular flexibility index (Phi) is 5.46. The average Bonchev–Trinajstić information content (AvgIpc) is 2.92. The van der Waals surface area contributed by atoms with E-state index in [1.54, 1.807) is 6.92 Å². The molecule has 2 rings (SSSR count). The molecule has 122 valence electrons. The molecule has 2 aromatic rings. The van der Waals surface area contributed by atoms with Gasteiger partial charge in [-0.05, 0) is 38.0 Å². The molecule has 0 aliphatic heterocycles. The number of carbonyl (C=O) groups excluding carboxylic acids is 2. The number of nitrogens with zero attached hydrogens (tertiary/aromatic N) is 1. The van der Waals surface area contributed by atoms with Crippen LogP contribution in [0.25, 0.3) is 0 Å². The van der Waals surface area contributed by atoms with E-state index in [4.69, 9.17) is 4.74 Å². The zero-order valence-corrected chi connectivity index (χ0v) is 12.9. The average molecular weight is 320 g/mol. The van der Waals surface area contributed by atoms with E-state index in [2.05, 4.69) is 14.9 Å². The van der Waals surface area contributed by atoms with E-state index in [1.165, 1.54) is 19.2 Å². The summed E-state index contributed by atoms with van der Waals surface area (Å²) in [6.07, 6.45) is 1.87. The van der Waals surface area contributed by atoms with Gasteiger partial charge in [0.05, 0.1) is 25.0 Å². The van der Waals surface area contributed by atoms with Gasteiger partial charge in [0.15, 0.2) is 17.9 Å². The Morgan fingerprint density at radius 1 is 1.43 bits per heavy atom. The molecule has 0 unspecified atom stereocenters. The second-order valence-electron chi connectivity index (χ2n) is 4.91. The summed E-state index contributed by atoms with van der Waals surface area (Å²) >= 11 is 0. The van der Waals surface area contributed by atoms with Crippen LogP contribution < -0.4 is 4.74 Å². The van der Waals surface area contributed by atoms with Crippen LogP contribution in [0.2, 0.25) is 0 Å². The number of rotatable bonds is 7. The number of ether oxygens (including phenoxy) is 2. The van der Waals surface area contributed by atoms with Gasteiger partial charge < -0.3 is 9.47 Å². The number of methoxy groups -OCH3 is 1. The summed E-state index contributed by atoms with van der Waals surface area (Å²) in [6, 6.07) is 3.80. The second kappa shape index (κ2) is 7.53. The minimum absolute atomic E-state index is 0.00701. The Morgan fingerprint density at radius 2 is 2.22 bits per heavy atom. The molecule has 0 aliphatic carbocycles. The molecule has 0 fully saturated rings. The molecule has 1 aromatic carbocycles. The minimum Gasteiger partial charge on any atom is -0.490 e. The van der Waals surface area contributed by atoms with E-state index in [-0.39, 0.29) is 17.9 Å². The van der Waals surface area contributed by atoms with Gasteiger partial charge in [0, 0.05) is 5.56 Å². The highest BCUT2D eigenvalue weighted by atomic mass is 19.1. The van der Waals surface area contributed by atoms with Crippen LogP contribution in [0.5, 0.6) is 5.75 Å². The summed E-state index contributed by atoms with van der Waals surface area (Å²) in [5, 5.41) is 6.62. The van der Waals surface area contributed by atoms with Gasteiger partial charge >= 0.3 is 5.97 Å². The van der Waals surface area contributed by atoms with Crippen molar-refractivity contribution < 1.29 is 23.5 Å². The van der Waals surface area contributed by atoms with Crippen molar-refractivity contribution in [3.63, 3.8) is 0 Å². The fourth-order valence-corrected chi connectivity index (χ4v) is 2.18. The summed E-state index contributed by atoms with van der Waals surface area (Å²) in [5.41, 5.74) is 2.25. The van der Waals surface area contributed by atoms with E-state index >= 15 is 0 Å². The smallest absolute Gasteiger partial charge is 0.337 e. The lowest BCUT2D eigenvalue weighted by atomic mass is 10.1. The third-order valence-electron chi connectivity index (χ3n) is 3.40. The lowest BCUT2D eigenvalue weighted by molar-refractivity contribution is 0.0600. The van der Waals surface area contributed by atoms with Crippen molar-refractivity contribution in [1.82, 2.24) is 10.2 Å². The number of halogens is 1. The van der Waals surface area contributed by atoms with Gasteiger partial charge in [-0.3, -0.25) is 9.89 Å². The SMILES string of the molecule is COC(=O)c1ccc(F)c(OCCCc2c(C)n[nH]c2C=O)c1. The maximum absolute atomic E-state index is 13.7. The molecular weight excluding hydrogens is 303 g/mol. The molecule has 0 saturated carbocycles. The molecule has 0 atom stereocenters. The molecule has 23 heavy (non-hydrogen) atoms. The molecule has 7 heteroatoms. The summed E-state index contributed by atoms with van der Waals surface area (Å²) in [5.74, 6) is -1.11. The van der Waals surface area contributed by atoms with Crippen LogP contribution in [0.4, 0.5) is 4.39 Å². The number of aryl methyl sites for hydroxylation is 1. The largest absolute Gasteiger partial charge is 0.490 e. The van der Waals surface area contributed by atoms with E-state index in [0.717, 1.165) is 23.6 Å². The van der Waals surface area contributed by atoms with Crippen molar-refractivity contribution in [3.05, 3.63) is 46.5 Å². The van der Waals surface area contributed by atoms with E-state index < -0.39 is 11.8 Å². The molecule has 6 nitrogen and oxygen atoms in total. The number of aromatic nitrogens is 2. The minimum atomic E-state index is -0.556. The highest BCUT2D eigenvalue weighted by Gasteiger charge is 2.12. The molecule has 0 aliphatic rings. The lowest BCUT2D eigenvalue weighted by Gasteiger charge is -2.08. The number of benzene rings is 1. The van der Waals surface area contributed by atoms with Gasteiger partial charge in [0.25, 0.3) is 0 Å². The normalized spacial score (nSPS) is 10.4. The maximum Gasteiger partial charge on any atom is 0.337 e. The lowest BCUT2D eigenvalue weighted by Crippen LogP contribution is -2.05. The maximum atomic E-state index is 13.7. The Balaban J connectivity index is 1.95. The number of carbonyl (C=O) groups is 2. The molecule has 1 N–H and O–H groups in total. The number of nitrogens with one attached hydrogen (secondary N) is 1. The quantitative estimate of drug-likeness (QED) is 0.481. The van der Waals surface area contributed by atoms with Crippen LogP contribution >= 0.6 is 0 Å². The van der Waals surface area contributed by atoms with Crippen LogP contribution in [0.15, 0.2) is 18.2 Å². The first-order chi connectivity index (χ1) is 11.1. The number of hydrogen-bond acceptors (Lipinski definition) is 5. The predicted molar refractivity (Wildman–Crippen MR) is 80.3 cm³/mol. The number of esters is 1. The van der Waals surface area contributed by atoms with Crippen molar-refractivity contribution in [2.24, 2.45) is 0 Å². The summed E-state index contributed by atoms with van der Waals surface area (Å²) in [7, 11) is 1.25. The molecule has 1 aromatic heterocycles. The first-order valence-corrected chi connectivity index (χ1v) is 7.06. The van der Waals surface area contributed by atoms with Crippen molar-refractivity contribution in [3.8, 4) is 5.75 Å². The summed E-state index contributed by atoms with van der Waals surface area (Å²) in [6.45, 7) is 2.05. The predicted octanol–water partition coefficient (Wildman–Crippen LogP) is 2.47. The van der Waals surface area contributed by atoms with Gasteiger partial charge in [-0.1, -0.05) is 0 Å². The molecule has 0 bridgehead atoms. The van der Waals surface area contributed by atoms with Crippen LogP contribution in [-0.2, 0) is 11.2 Å². The van der Waals surface area contributed by atoms with Crippen molar-refractivity contribution in [1.29, 1.82) is 0 Å². The fraction of sp³-hybridized carbons (Fsp3) is 0.312. The molecular formula is C16H17FN2O4. The number of hydrogen-bond donors (Lipinski definition) is 1. The van der Waals surface area contributed by atoms with Gasteiger partial charge in [0.2, 0.25) is 0 Å². The Labute approximate surface area is 132 Å². The first kappa shape index (κ1) is 16.7. The molecule has 0 amide bonds. The number of aromatic amines is 1. The monoisotopic (exact) mass is 320 g/mol. The standard InChI is InChI=1S/C16H17FN2O4/c1-10-12(14(9-20)19-18-10)4-3-7-23-15-8-11(16(21)22-2)5-6-13(15)17/h5-6,8-9H,3-4,7H2,1-2H3,(H,18,19). The molecule has 0 saturated heterocycles. The Morgan fingerprint density at radius 3 is 2.91 bits per heavy atom. The van der Waals surface area contributed by atoms with E-state index in [9.17, 15) is 14.0 Å². The van der Waals surface area contributed by atoms with Crippen LogP contribution in [-0.4, -0.2) is 36.2 Å². The second-order valence-corrected chi connectivity index (χ2v) is 4.91. The van der Waals surface area contributed by atoms with Gasteiger partial charge in [-0.15, -0.1) is 0 Å². The zero-order valence-electron chi connectivity index (χ0n) is 12.9. The van der Waals surface area contributed by atoms with E-state index in [0.29, 0.717) is 18.5 Å². The molecule has 0 spiro atoms. The fourth-order valence-electron chi connectivity index (χ4n) is 2.18. The summed E-state index contributed by atoms with van der Waals surface area (Å²) in [4.78, 5) is 22.3. The third kappa shape index (κ3) is 3.94. The van der Waals surface area contributed by atoms with Crippen molar-refractivity contribution >= 4 is 12.3 Å². The number of H-pyrrole nitrogens is 1. The third-order valence-corrected chi connectivity index (χ3v) is 3.40. The van der Waals surface area contributed by atoms with Crippen LogP contribution in [0.1, 0.15) is 38.5 Å². The number of aldehydes is 1. The topological polar surface area (TPSA) is 81.3 Å². The first-order valence-electron chi connectivity index (χ1n) is 7.06. The Hall–Kier alpha value is -2.70. The summed E-state index contributed by atoms with van der Waals surface area (Å²) < 4.78 is 23.6. The zero-order chi connectivity index (χ0) is 16.8. The molecule has 0 radical (unpaired) electrons. The van der Waals surface area contributed by atoms with Gasteiger partial charge in [-0.25, -0.2) is 9.18 Å². The van der Waals surface area contributed by atoms with E-state index in [1.807, 2.05) is 0 Å². The van der Waals surface area contributed by atoms with Crippen molar-refractivity contribution in [2.75, 3.05) is 13.7 Å². The molecule has 1 heterocycles. The Bertz CT molecular complexity index is 712. The highest BCUT2D eigenvalue weighted by molar-refractivity contribution is 5.89. The van der Waals surface area contributed by atoms with Crippen LogP contribution in [0, 0.1) is 12.7 Å². The van der Waals surface area contributed by atoms with Crippen molar-refractivity contribution in [2.45, 2.75) is 19.8 Å². The van der Waals surface area contributed by atoms with Gasteiger partial charge in [-0.2, -0.15) is 5.10 Å². The van der Waals surface area contributed by atoms with Crippen LogP contribution in [0.3, 0.4) is 0 Å².